The van der Waals surface area contributed by atoms with Crippen LogP contribution in [0.2, 0.25) is 0 Å². The third kappa shape index (κ3) is 4.28. The van der Waals surface area contributed by atoms with Gasteiger partial charge in [-0.15, -0.1) is 0 Å². The zero-order chi connectivity index (χ0) is 22.2. The van der Waals surface area contributed by atoms with Crippen LogP contribution >= 0.6 is 0 Å². The van der Waals surface area contributed by atoms with Crippen molar-refractivity contribution in [1.29, 1.82) is 0 Å². The zero-order valence-corrected chi connectivity index (χ0v) is 16.7. The van der Waals surface area contributed by atoms with Crippen LogP contribution in [0.5, 0.6) is 5.75 Å². The highest BCUT2D eigenvalue weighted by molar-refractivity contribution is 6.02. The average Bonchev–Trinajstić information content (AvgIpc) is 3.56. The molecule has 0 unspecified atom stereocenters. The Bertz CT molecular complexity index is 1030. The number of aliphatic imine (C=N–C) groups is 1. The second kappa shape index (κ2) is 7.75. The minimum absolute atomic E-state index is 0.0921. The van der Waals surface area contributed by atoms with Gasteiger partial charge in [0.05, 0.1) is 12.8 Å². The van der Waals surface area contributed by atoms with Gasteiger partial charge in [-0.25, -0.2) is 14.4 Å². The number of amides is 1. The summed E-state index contributed by atoms with van der Waals surface area (Å²) in [4.78, 5) is 20.2. The largest absolute Gasteiger partial charge is 0.492 e. The smallest absolute Gasteiger partial charge is 0.310 e. The molecule has 2 heterocycles. The first kappa shape index (κ1) is 21.0. The first-order valence-corrected chi connectivity index (χ1v) is 9.74. The number of carbonyl (C=O) groups excluding carboxylic acids is 1. The van der Waals surface area contributed by atoms with E-state index in [9.17, 15) is 18.0 Å². The number of carbonyl (C=O) groups is 1. The number of ether oxygens (including phenoxy) is 2. The average molecular weight is 434 g/mol. The fraction of sp³-hybridized carbons (Fsp3) is 0.381. The Balaban J connectivity index is 1.53. The van der Waals surface area contributed by atoms with Crippen molar-refractivity contribution in [1.82, 2.24) is 4.98 Å². The number of hydrogen-bond donors (Lipinski definition) is 2. The molecule has 3 N–H and O–H groups in total. The van der Waals surface area contributed by atoms with E-state index in [0.717, 1.165) is 31.9 Å². The number of benzene rings is 1. The van der Waals surface area contributed by atoms with E-state index in [1.54, 1.807) is 6.07 Å². The fourth-order valence-electron chi connectivity index (χ4n) is 3.17. The Morgan fingerprint density at radius 1 is 1.32 bits per heavy atom. The second-order valence-electron chi connectivity index (χ2n) is 7.80. The number of hydrogen-bond acceptors (Lipinski definition) is 6. The standard InChI is InChI=1S/C21H21F3N4O3/c1-20(21(23,24)11-31-19(25)28-20)15-8-13(4-6-16(15)22)27-18(29)17-7-5-14(9-26-17)30-10-12-2-3-12/h4-9,12H,2-3,10-11H2,1H3,(H2,25,28)(H,27,29)/t20-/m1/s1. The molecule has 1 saturated carbocycles. The number of anilines is 1. The van der Waals surface area contributed by atoms with Crippen molar-refractivity contribution >= 4 is 17.6 Å². The molecule has 10 heteroatoms. The molecule has 1 aromatic carbocycles. The molecule has 164 valence electrons. The molecule has 2 aliphatic rings. The zero-order valence-electron chi connectivity index (χ0n) is 16.7. The monoisotopic (exact) mass is 434 g/mol. The highest BCUT2D eigenvalue weighted by Crippen LogP contribution is 2.44. The molecule has 1 amide bonds. The summed E-state index contributed by atoms with van der Waals surface area (Å²) in [5, 5.41) is 2.54. The molecule has 0 saturated heterocycles. The van der Waals surface area contributed by atoms with E-state index in [1.165, 1.54) is 18.3 Å². The number of rotatable bonds is 6. The van der Waals surface area contributed by atoms with E-state index in [2.05, 4.69) is 20.0 Å². The van der Waals surface area contributed by atoms with Gasteiger partial charge in [0.25, 0.3) is 11.9 Å². The summed E-state index contributed by atoms with van der Waals surface area (Å²) < 4.78 is 53.8. The van der Waals surface area contributed by atoms with Crippen molar-refractivity contribution in [3.63, 3.8) is 0 Å². The predicted octanol–water partition coefficient (Wildman–Crippen LogP) is 3.46. The third-order valence-electron chi connectivity index (χ3n) is 5.35. The maximum absolute atomic E-state index is 14.5. The molecular weight excluding hydrogens is 413 g/mol. The van der Waals surface area contributed by atoms with Crippen molar-refractivity contribution in [2.24, 2.45) is 16.6 Å². The molecule has 31 heavy (non-hydrogen) atoms. The van der Waals surface area contributed by atoms with Crippen LogP contribution in [0.25, 0.3) is 0 Å². The molecule has 2 aromatic rings. The first-order chi connectivity index (χ1) is 14.7. The molecule has 4 rings (SSSR count). The highest BCUT2D eigenvalue weighted by Gasteiger charge is 2.56. The molecule has 0 radical (unpaired) electrons. The highest BCUT2D eigenvalue weighted by atomic mass is 19.3. The topological polar surface area (TPSA) is 98.8 Å². The van der Waals surface area contributed by atoms with E-state index in [4.69, 9.17) is 10.5 Å². The van der Waals surface area contributed by atoms with Crippen LogP contribution in [0, 0.1) is 11.7 Å². The Kier molecular flexibility index (Phi) is 5.24. The lowest BCUT2D eigenvalue weighted by Gasteiger charge is -2.37. The number of nitrogens with one attached hydrogen (secondary N) is 1. The van der Waals surface area contributed by atoms with Crippen LogP contribution in [0.3, 0.4) is 0 Å². The van der Waals surface area contributed by atoms with Gasteiger partial charge in [-0.2, -0.15) is 8.78 Å². The summed E-state index contributed by atoms with van der Waals surface area (Å²) in [7, 11) is 0. The lowest BCUT2D eigenvalue weighted by atomic mass is 9.85. The van der Waals surface area contributed by atoms with Crippen LogP contribution in [0.4, 0.5) is 18.9 Å². The molecule has 7 nitrogen and oxygen atoms in total. The van der Waals surface area contributed by atoms with Crippen LogP contribution in [-0.2, 0) is 10.3 Å². The number of halogens is 3. The summed E-state index contributed by atoms with van der Waals surface area (Å²) in [5.41, 5.74) is 2.94. The van der Waals surface area contributed by atoms with Gasteiger partial charge in [-0.3, -0.25) is 4.79 Å². The molecule has 1 aliphatic carbocycles. The van der Waals surface area contributed by atoms with Crippen molar-refractivity contribution in [2.45, 2.75) is 31.2 Å². The van der Waals surface area contributed by atoms with Gasteiger partial charge >= 0.3 is 5.92 Å². The fourth-order valence-corrected chi connectivity index (χ4v) is 3.17. The summed E-state index contributed by atoms with van der Waals surface area (Å²) in [6, 6.07) is 6.00. The van der Waals surface area contributed by atoms with E-state index in [0.29, 0.717) is 18.3 Å². The third-order valence-corrected chi connectivity index (χ3v) is 5.35. The predicted molar refractivity (Wildman–Crippen MR) is 107 cm³/mol. The van der Waals surface area contributed by atoms with Gasteiger partial charge in [-0.1, -0.05) is 0 Å². The van der Waals surface area contributed by atoms with E-state index in [1.807, 2.05) is 0 Å². The van der Waals surface area contributed by atoms with Crippen LogP contribution in [-0.4, -0.2) is 36.0 Å². The van der Waals surface area contributed by atoms with Gasteiger partial charge < -0.3 is 20.5 Å². The molecule has 1 aromatic heterocycles. The first-order valence-electron chi connectivity index (χ1n) is 9.74. The van der Waals surface area contributed by atoms with Gasteiger partial charge in [0.2, 0.25) is 0 Å². The summed E-state index contributed by atoms with van der Waals surface area (Å²) >= 11 is 0. The number of alkyl halides is 2. The van der Waals surface area contributed by atoms with Crippen LogP contribution < -0.4 is 15.8 Å². The number of aromatic nitrogens is 1. The maximum atomic E-state index is 14.5. The van der Waals surface area contributed by atoms with E-state index < -0.39 is 41.4 Å². The van der Waals surface area contributed by atoms with Gasteiger partial charge in [0.15, 0.2) is 12.1 Å². The quantitative estimate of drug-likeness (QED) is 0.726. The Labute approximate surface area is 176 Å². The van der Waals surface area contributed by atoms with Crippen molar-refractivity contribution in [3.8, 4) is 5.75 Å². The van der Waals surface area contributed by atoms with E-state index >= 15 is 0 Å². The molecule has 1 fully saturated rings. The van der Waals surface area contributed by atoms with Crippen molar-refractivity contribution in [2.75, 3.05) is 18.5 Å². The van der Waals surface area contributed by atoms with Crippen LogP contribution in [0.15, 0.2) is 41.5 Å². The van der Waals surface area contributed by atoms with Crippen molar-refractivity contribution in [3.05, 3.63) is 53.6 Å². The Morgan fingerprint density at radius 3 is 2.77 bits per heavy atom. The number of amidine groups is 1. The number of pyridine rings is 1. The van der Waals surface area contributed by atoms with E-state index in [-0.39, 0.29) is 11.4 Å². The normalized spacial score (nSPS) is 22.3. The van der Waals surface area contributed by atoms with Gasteiger partial charge in [0, 0.05) is 11.3 Å². The molecule has 1 aliphatic heterocycles. The lowest BCUT2D eigenvalue weighted by Crippen LogP contribution is -2.51. The minimum atomic E-state index is -3.52. The molecule has 0 spiro atoms. The SMILES string of the molecule is C[C@]1(c2cc(NC(=O)c3ccc(OCC4CC4)cn3)ccc2F)N=C(N)OCC1(F)F. The van der Waals surface area contributed by atoms with Crippen LogP contribution in [0.1, 0.15) is 35.8 Å². The number of nitrogens with zero attached hydrogens (tertiary/aromatic N) is 2. The summed E-state index contributed by atoms with van der Waals surface area (Å²) in [6.45, 7) is 0.648. The molecule has 1 atom stereocenters. The van der Waals surface area contributed by atoms with Crippen molar-refractivity contribution < 1.29 is 27.4 Å². The minimum Gasteiger partial charge on any atom is -0.492 e. The van der Waals surface area contributed by atoms with Gasteiger partial charge in [0.1, 0.15) is 17.3 Å². The molecule has 0 bridgehead atoms. The Morgan fingerprint density at radius 2 is 2.10 bits per heavy atom. The lowest BCUT2D eigenvalue weighted by molar-refractivity contribution is -0.117. The second-order valence-corrected chi connectivity index (χ2v) is 7.80. The van der Waals surface area contributed by atoms with Gasteiger partial charge in [-0.05, 0) is 56.0 Å². The number of nitrogens with two attached hydrogens (primary N) is 1. The molecular formula is C21H21F3N4O3. The Hall–Kier alpha value is -3.30. The summed E-state index contributed by atoms with van der Waals surface area (Å²) in [5.74, 6) is -3.87. The summed E-state index contributed by atoms with van der Waals surface area (Å²) in [6.07, 6.45) is 3.75. The maximum Gasteiger partial charge on any atom is 0.310 e.